The van der Waals surface area contributed by atoms with Crippen LogP contribution in [0.5, 0.6) is 0 Å². The summed E-state index contributed by atoms with van der Waals surface area (Å²) < 4.78 is 0. The summed E-state index contributed by atoms with van der Waals surface area (Å²) in [6.07, 6.45) is 0. The second-order valence-electron chi connectivity index (χ2n) is 9.47. The predicted molar refractivity (Wildman–Crippen MR) is 139 cm³/mol. The van der Waals surface area contributed by atoms with Gasteiger partial charge in [-0.2, -0.15) is 0 Å². The van der Waals surface area contributed by atoms with Gasteiger partial charge in [-0.15, -0.1) is 11.3 Å². The van der Waals surface area contributed by atoms with Gasteiger partial charge in [0, 0.05) is 16.3 Å². The molecule has 170 valence electrons. The van der Waals surface area contributed by atoms with Crippen molar-refractivity contribution in [3.63, 3.8) is 0 Å². The topological polar surface area (TPSA) is 32.3 Å². The number of rotatable bonds is 7. The summed E-state index contributed by atoms with van der Waals surface area (Å²) in [7, 11) is 0. The number of hydrogen-bond acceptors (Lipinski definition) is 2. The van der Waals surface area contributed by atoms with Gasteiger partial charge >= 0.3 is 6.03 Å². The second-order valence-corrected chi connectivity index (χ2v) is 10.5. The van der Waals surface area contributed by atoms with Gasteiger partial charge in [-0.25, -0.2) is 4.79 Å². The van der Waals surface area contributed by atoms with E-state index in [-0.39, 0.29) is 6.03 Å². The first-order valence-electron chi connectivity index (χ1n) is 11.5. The number of urea groups is 1. The summed E-state index contributed by atoms with van der Waals surface area (Å²) in [4.78, 5) is 16.7. The van der Waals surface area contributed by atoms with E-state index in [2.05, 4.69) is 108 Å². The Morgan fingerprint density at radius 3 is 1.97 bits per heavy atom. The van der Waals surface area contributed by atoms with Crippen LogP contribution in [0.3, 0.4) is 0 Å². The first-order chi connectivity index (χ1) is 15.2. The molecule has 3 aromatic rings. The van der Waals surface area contributed by atoms with E-state index in [0.717, 1.165) is 11.4 Å². The zero-order valence-corrected chi connectivity index (χ0v) is 21.2. The van der Waals surface area contributed by atoms with Crippen molar-refractivity contribution in [3.05, 3.63) is 81.0 Å². The van der Waals surface area contributed by atoms with E-state index in [1.165, 1.54) is 27.1 Å². The van der Waals surface area contributed by atoms with E-state index in [4.69, 9.17) is 0 Å². The van der Waals surface area contributed by atoms with Gasteiger partial charge in [0.15, 0.2) is 0 Å². The lowest BCUT2D eigenvalue weighted by molar-refractivity contribution is 0.256. The molecule has 0 radical (unpaired) electrons. The standard InChI is InChI=1S/C28H36N2OS/c1-18(2)22-11-13-23(14-12-22)30(16-24-15-21(7)17-32-24)28(31)29-27-25(19(3)4)9-8-10-26(27)20(5)6/h8-15,17-20H,16H2,1-7H3,(H,29,31). The number of thiophene rings is 1. The summed E-state index contributed by atoms with van der Waals surface area (Å²) in [6, 6.07) is 16.8. The third-order valence-electron chi connectivity index (χ3n) is 5.82. The van der Waals surface area contributed by atoms with E-state index in [0.29, 0.717) is 24.3 Å². The Bertz CT molecular complexity index is 1020. The molecule has 0 unspecified atom stereocenters. The monoisotopic (exact) mass is 448 g/mol. The molecule has 4 heteroatoms. The molecule has 0 aliphatic heterocycles. The molecule has 0 aliphatic carbocycles. The van der Waals surface area contributed by atoms with Crippen molar-refractivity contribution in [2.75, 3.05) is 10.2 Å². The number of benzene rings is 2. The molecule has 0 spiro atoms. The van der Waals surface area contributed by atoms with E-state index in [1.54, 1.807) is 11.3 Å². The highest BCUT2D eigenvalue weighted by Crippen LogP contribution is 2.33. The molecule has 1 N–H and O–H groups in total. The quantitative estimate of drug-likeness (QED) is 0.385. The molecule has 0 aliphatic rings. The van der Waals surface area contributed by atoms with E-state index in [1.807, 2.05) is 4.90 Å². The van der Waals surface area contributed by atoms with Crippen molar-refractivity contribution >= 4 is 28.7 Å². The van der Waals surface area contributed by atoms with Gasteiger partial charge in [-0.1, -0.05) is 71.9 Å². The fourth-order valence-corrected chi connectivity index (χ4v) is 4.78. The van der Waals surface area contributed by atoms with E-state index < -0.39 is 0 Å². The van der Waals surface area contributed by atoms with Crippen molar-refractivity contribution in [3.8, 4) is 0 Å². The average Bonchev–Trinajstić information content (AvgIpc) is 3.16. The molecular formula is C28H36N2OS. The second kappa shape index (κ2) is 10.4. The zero-order valence-electron chi connectivity index (χ0n) is 20.4. The van der Waals surface area contributed by atoms with Gasteiger partial charge in [0.05, 0.1) is 6.54 Å². The number of para-hydroxylation sites is 1. The highest BCUT2D eigenvalue weighted by Gasteiger charge is 2.22. The molecule has 32 heavy (non-hydrogen) atoms. The van der Waals surface area contributed by atoms with Gasteiger partial charge in [0.1, 0.15) is 0 Å². The summed E-state index contributed by atoms with van der Waals surface area (Å²) in [5.41, 5.74) is 6.71. The minimum atomic E-state index is -0.0941. The van der Waals surface area contributed by atoms with Crippen molar-refractivity contribution in [1.29, 1.82) is 0 Å². The predicted octanol–water partition coefficient (Wildman–Crippen LogP) is 8.67. The Balaban J connectivity index is 1.99. The molecule has 0 bridgehead atoms. The molecule has 3 nitrogen and oxygen atoms in total. The normalized spacial score (nSPS) is 11.4. The fraction of sp³-hybridized carbons (Fsp3) is 0.393. The lowest BCUT2D eigenvalue weighted by Crippen LogP contribution is -2.35. The van der Waals surface area contributed by atoms with Crippen LogP contribution in [0.4, 0.5) is 16.2 Å². The van der Waals surface area contributed by atoms with Gasteiger partial charge in [-0.3, -0.25) is 4.90 Å². The van der Waals surface area contributed by atoms with Crippen LogP contribution < -0.4 is 10.2 Å². The van der Waals surface area contributed by atoms with Crippen LogP contribution in [0.25, 0.3) is 0 Å². The molecule has 2 aromatic carbocycles. The maximum Gasteiger partial charge on any atom is 0.326 e. The number of amides is 2. The van der Waals surface area contributed by atoms with Crippen LogP contribution in [0.15, 0.2) is 53.9 Å². The van der Waals surface area contributed by atoms with Crippen molar-refractivity contribution in [2.24, 2.45) is 0 Å². The molecule has 0 atom stereocenters. The first-order valence-corrected chi connectivity index (χ1v) is 12.4. The number of carbonyl (C=O) groups excluding carboxylic acids is 1. The summed E-state index contributed by atoms with van der Waals surface area (Å²) in [5, 5.41) is 5.43. The highest BCUT2D eigenvalue weighted by molar-refractivity contribution is 7.10. The number of nitrogens with zero attached hydrogens (tertiary/aromatic N) is 1. The first kappa shape index (κ1) is 24.1. The molecule has 0 fully saturated rings. The van der Waals surface area contributed by atoms with Gasteiger partial charge in [-0.05, 0) is 70.5 Å². The van der Waals surface area contributed by atoms with Crippen LogP contribution in [0.1, 0.15) is 86.4 Å². The van der Waals surface area contributed by atoms with Gasteiger partial charge in [0.25, 0.3) is 0 Å². The Kier molecular flexibility index (Phi) is 7.78. The minimum absolute atomic E-state index is 0.0941. The summed E-state index contributed by atoms with van der Waals surface area (Å²) >= 11 is 1.70. The molecular weight excluding hydrogens is 412 g/mol. The van der Waals surface area contributed by atoms with Crippen molar-refractivity contribution in [2.45, 2.75) is 72.8 Å². The average molecular weight is 449 g/mol. The number of carbonyl (C=O) groups is 1. The number of anilines is 2. The Morgan fingerprint density at radius 2 is 1.50 bits per heavy atom. The molecule has 1 aromatic heterocycles. The van der Waals surface area contributed by atoms with E-state index >= 15 is 0 Å². The molecule has 0 saturated carbocycles. The Hall–Kier alpha value is -2.59. The Labute approximate surface area is 197 Å². The third kappa shape index (κ3) is 5.60. The number of aryl methyl sites for hydroxylation is 1. The number of hydrogen-bond donors (Lipinski definition) is 1. The summed E-state index contributed by atoms with van der Waals surface area (Å²) in [6.45, 7) is 15.7. The lowest BCUT2D eigenvalue weighted by Gasteiger charge is -2.26. The highest BCUT2D eigenvalue weighted by atomic mass is 32.1. The smallest absolute Gasteiger partial charge is 0.307 e. The zero-order chi connectivity index (χ0) is 23.4. The maximum absolute atomic E-state index is 13.7. The molecule has 3 rings (SSSR count). The largest absolute Gasteiger partial charge is 0.326 e. The summed E-state index contributed by atoms with van der Waals surface area (Å²) in [5.74, 6) is 1.10. The van der Waals surface area contributed by atoms with Crippen molar-refractivity contribution in [1.82, 2.24) is 0 Å². The lowest BCUT2D eigenvalue weighted by atomic mass is 9.93. The van der Waals surface area contributed by atoms with Crippen LogP contribution in [-0.2, 0) is 6.54 Å². The third-order valence-corrected chi connectivity index (χ3v) is 6.86. The minimum Gasteiger partial charge on any atom is -0.307 e. The Morgan fingerprint density at radius 1 is 0.906 bits per heavy atom. The van der Waals surface area contributed by atoms with Crippen LogP contribution >= 0.6 is 11.3 Å². The van der Waals surface area contributed by atoms with Gasteiger partial charge in [0.2, 0.25) is 0 Å². The molecule has 1 heterocycles. The van der Waals surface area contributed by atoms with Crippen LogP contribution in [0, 0.1) is 6.92 Å². The van der Waals surface area contributed by atoms with E-state index in [9.17, 15) is 4.79 Å². The fourth-order valence-electron chi connectivity index (χ4n) is 3.92. The number of nitrogens with one attached hydrogen (secondary N) is 1. The maximum atomic E-state index is 13.7. The van der Waals surface area contributed by atoms with Crippen molar-refractivity contribution < 1.29 is 4.79 Å². The molecule has 0 saturated heterocycles. The SMILES string of the molecule is Cc1csc(CN(C(=O)Nc2c(C(C)C)cccc2C(C)C)c2ccc(C(C)C)cc2)c1. The molecule has 2 amide bonds. The van der Waals surface area contributed by atoms with Crippen LogP contribution in [-0.4, -0.2) is 6.03 Å². The van der Waals surface area contributed by atoms with Gasteiger partial charge < -0.3 is 5.32 Å². The van der Waals surface area contributed by atoms with Crippen LogP contribution in [0.2, 0.25) is 0 Å².